The van der Waals surface area contributed by atoms with E-state index in [0.29, 0.717) is 17.3 Å². The Balaban J connectivity index is 1.11. The molecule has 9 nitrogen and oxygen atoms in total. The maximum absolute atomic E-state index is 12.9. The van der Waals surface area contributed by atoms with Crippen LogP contribution in [-0.2, 0) is 9.53 Å². The van der Waals surface area contributed by atoms with Crippen LogP contribution in [0.3, 0.4) is 0 Å². The summed E-state index contributed by atoms with van der Waals surface area (Å²) in [4.78, 5) is 21.7. The molecule has 9 heteroatoms. The molecule has 1 spiro atoms. The Bertz CT molecular complexity index is 1520. The van der Waals surface area contributed by atoms with Crippen LogP contribution in [0.1, 0.15) is 49.6 Å². The summed E-state index contributed by atoms with van der Waals surface area (Å²) >= 11 is 0. The molecule has 1 amide bonds. The van der Waals surface area contributed by atoms with Gasteiger partial charge in [0.1, 0.15) is 23.6 Å². The highest BCUT2D eigenvalue weighted by Crippen LogP contribution is 2.49. The molecule has 7 rings (SSSR count). The maximum atomic E-state index is 12.9. The van der Waals surface area contributed by atoms with E-state index in [1.54, 1.807) is 7.11 Å². The quantitative estimate of drug-likeness (QED) is 0.360. The second kappa shape index (κ2) is 8.80. The van der Waals surface area contributed by atoms with E-state index in [-0.39, 0.29) is 29.4 Å². The number of fused-ring (bicyclic) bond motifs is 1. The molecular formula is C29H30N6O3. The van der Waals surface area contributed by atoms with Crippen LogP contribution in [0.2, 0.25) is 0 Å². The molecule has 3 heterocycles. The maximum Gasteiger partial charge on any atom is 0.228 e. The zero-order valence-electron chi connectivity index (χ0n) is 21.3. The van der Waals surface area contributed by atoms with Crippen molar-refractivity contribution in [3.05, 3.63) is 60.4 Å². The van der Waals surface area contributed by atoms with E-state index in [2.05, 4.69) is 39.6 Å². The largest absolute Gasteiger partial charge is 0.495 e. The van der Waals surface area contributed by atoms with Crippen LogP contribution >= 0.6 is 0 Å². The summed E-state index contributed by atoms with van der Waals surface area (Å²) in [5.41, 5.74) is 10.8. The average Bonchev–Trinajstić information content (AvgIpc) is 3.87. The van der Waals surface area contributed by atoms with Gasteiger partial charge >= 0.3 is 0 Å². The van der Waals surface area contributed by atoms with Crippen LogP contribution in [-0.4, -0.2) is 45.0 Å². The Morgan fingerprint density at radius 1 is 1.13 bits per heavy atom. The zero-order chi connectivity index (χ0) is 25.9. The van der Waals surface area contributed by atoms with E-state index in [0.717, 1.165) is 66.6 Å². The van der Waals surface area contributed by atoms with Gasteiger partial charge in [0.25, 0.3) is 0 Å². The SMILES string of the molecule is COc1ccccc1NC(=O)[C@H]1C[C@@H]1c1ccc(-c2nn(C3CCC4(CC3)CO4)c3ncnc(N)c23)cc1. The minimum absolute atomic E-state index is 0.0177. The highest BCUT2D eigenvalue weighted by molar-refractivity contribution is 5.98. The third-order valence-corrected chi connectivity index (χ3v) is 8.39. The van der Waals surface area contributed by atoms with Crippen molar-refractivity contribution in [1.29, 1.82) is 0 Å². The van der Waals surface area contributed by atoms with Crippen molar-refractivity contribution in [1.82, 2.24) is 19.7 Å². The van der Waals surface area contributed by atoms with Crippen molar-refractivity contribution in [3.8, 4) is 17.0 Å². The molecule has 2 aromatic carbocycles. The van der Waals surface area contributed by atoms with Gasteiger partial charge in [0.2, 0.25) is 5.91 Å². The number of para-hydroxylation sites is 2. The lowest BCUT2D eigenvalue weighted by molar-refractivity contribution is -0.117. The molecule has 3 N–H and O–H groups in total. The highest BCUT2D eigenvalue weighted by atomic mass is 16.6. The van der Waals surface area contributed by atoms with Gasteiger partial charge in [-0.25, -0.2) is 14.6 Å². The lowest BCUT2D eigenvalue weighted by atomic mass is 9.86. The Morgan fingerprint density at radius 3 is 2.63 bits per heavy atom. The van der Waals surface area contributed by atoms with Crippen molar-refractivity contribution in [2.24, 2.45) is 5.92 Å². The van der Waals surface area contributed by atoms with Gasteiger partial charge in [-0.1, -0.05) is 36.4 Å². The highest BCUT2D eigenvalue weighted by Gasteiger charge is 2.47. The summed E-state index contributed by atoms with van der Waals surface area (Å²) in [5.74, 6) is 1.25. The molecule has 1 saturated heterocycles. The fraction of sp³-hybridized carbons (Fsp3) is 0.379. The van der Waals surface area contributed by atoms with Crippen molar-refractivity contribution in [2.75, 3.05) is 24.8 Å². The van der Waals surface area contributed by atoms with Gasteiger partial charge in [-0.2, -0.15) is 5.10 Å². The lowest BCUT2D eigenvalue weighted by Gasteiger charge is -2.26. The van der Waals surface area contributed by atoms with Crippen LogP contribution in [0, 0.1) is 5.92 Å². The Kier molecular flexibility index (Phi) is 5.36. The van der Waals surface area contributed by atoms with E-state index in [1.807, 2.05) is 28.9 Å². The van der Waals surface area contributed by atoms with Gasteiger partial charge in [-0.05, 0) is 55.7 Å². The predicted octanol–water partition coefficient (Wildman–Crippen LogP) is 4.71. The minimum Gasteiger partial charge on any atom is -0.495 e. The van der Waals surface area contributed by atoms with E-state index < -0.39 is 0 Å². The molecule has 3 fully saturated rings. The number of anilines is 2. The summed E-state index contributed by atoms with van der Waals surface area (Å²) in [6.45, 7) is 0.885. The molecule has 3 aliphatic rings. The Labute approximate surface area is 220 Å². The van der Waals surface area contributed by atoms with E-state index >= 15 is 0 Å². The summed E-state index contributed by atoms with van der Waals surface area (Å²) in [7, 11) is 1.60. The van der Waals surface area contributed by atoms with Crippen LogP contribution in [0.5, 0.6) is 5.75 Å². The van der Waals surface area contributed by atoms with Crippen molar-refractivity contribution in [2.45, 2.75) is 49.7 Å². The summed E-state index contributed by atoms with van der Waals surface area (Å²) in [6.07, 6.45) is 6.47. The molecule has 38 heavy (non-hydrogen) atoms. The molecule has 2 aromatic heterocycles. The number of rotatable bonds is 6. The lowest BCUT2D eigenvalue weighted by Crippen LogP contribution is -2.24. The number of hydrogen-bond acceptors (Lipinski definition) is 7. The summed E-state index contributed by atoms with van der Waals surface area (Å²) in [6, 6.07) is 16.0. The van der Waals surface area contributed by atoms with Gasteiger partial charge in [0.05, 0.1) is 36.4 Å². The summed E-state index contributed by atoms with van der Waals surface area (Å²) < 4.78 is 13.1. The number of carbonyl (C=O) groups is 1. The van der Waals surface area contributed by atoms with Crippen molar-refractivity contribution >= 4 is 28.4 Å². The van der Waals surface area contributed by atoms with Gasteiger partial charge in [-0.15, -0.1) is 0 Å². The minimum atomic E-state index is -0.0557. The van der Waals surface area contributed by atoms with Gasteiger partial charge in [-0.3, -0.25) is 4.79 Å². The van der Waals surface area contributed by atoms with E-state index in [1.165, 1.54) is 6.33 Å². The van der Waals surface area contributed by atoms with Gasteiger partial charge in [0.15, 0.2) is 5.65 Å². The predicted molar refractivity (Wildman–Crippen MR) is 144 cm³/mol. The zero-order valence-corrected chi connectivity index (χ0v) is 21.3. The summed E-state index contributed by atoms with van der Waals surface area (Å²) in [5, 5.41) is 8.84. The molecule has 4 aromatic rings. The standard InChI is InChI=1S/C29H30N6O3/c1-37-23-5-3-2-4-22(23)33-28(36)21-14-20(21)17-6-8-18(9-7-17)25-24-26(30)31-16-32-27(24)35(34-25)19-10-12-29(13-11-19)15-38-29/h2-9,16,19-21H,10-15H2,1H3,(H,33,36)(H2,30,31,32)/t19?,20-,21+,29?/m1/s1. The number of nitrogens with two attached hydrogens (primary N) is 1. The third-order valence-electron chi connectivity index (χ3n) is 8.39. The first-order valence-corrected chi connectivity index (χ1v) is 13.2. The molecule has 0 radical (unpaired) electrons. The van der Waals surface area contributed by atoms with Crippen LogP contribution in [0.4, 0.5) is 11.5 Å². The molecule has 1 aliphatic heterocycles. The number of nitrogens with one attached hydrogen (secondary N) is 1. The van der Waals surface area contributed by atoms with Crippen molar-refractivity contribution < 1.29 is 14.3 Å². The second-order valence-electron chi connectivity index (χ2n) is 10.7. The topological polar surface area (TPSA) is 120 Å². The fourth-order valence-electron chi connectivity index (χ4n) is 5.93. The van der Waals surface area contributed by atoms with Crippen LogP contribution < -0.4 is 15.8 Å². The average molecular weight is 511 g/mol. The smallest absolute Gasteiger partial charge is 0.228 e. The number of nitrogen functional groups attached to an aromatic ring is 1. The van der Waals surface area contributed by atoms with Crippen LogP contribution in [0.25, 0.3) is 22.3 Å². The van der Waals surface area contributed by atoms with Gasteiger partial charge in [0, 0.05) is 11.5 Å². The molecule has 194 valence electrons. The Morgan fingerprint density at radius 2 is 1.89 bits per heavy atom. The number of methoxy groups -OCH3 is 1. The molecule has 0 bridgehead atoms. The Hall–Kier alpha value is -3.98. The first kappa shape index (κ1) is 23.2. The first-order chi connectivity index (χ1) is 18.5. The number of carbonyl (C=O) groups excluding carboxylic acids is 1. The number of benzene rings is 2. The fourth-order valence-corrected chi connectivity index (χ4v) is 5.93. The molecule has 0 unspecified atom stereocenters. The third kappa shape index (κ3) is 3.98. The number of epoxide rings is 1. The first-order valence-electron chi connectivity index (χ1n) is 13.2. The number of nitrogens with zero attached hydrogens (tertiary/aromatic N) is 4. The molecule has 2 saturated carbocycles. The van der Waals surface area contributed by atoms with Crippen LogP contribution in [0.15, 0.2) is 54.9 Å². The normalized spacial score (nSPS) is 25.9. The van der Waals surface area contributed by atoms with E-state index in [4.69, 9.17) is 20.3 Å². The monoisotopic (exact) mass is 510 g/mol. The van der Waals surface area contributed by atoms with Crippen molar-refractivity contribution in [3.63, 3.8) is 0 Å². The number of ether oxygens (including phenoxy) is 2. The second-order valence-corrected chi connectivity index (χ2v) is 10.7. The molecule has 2 aliphatic carbocycles. The number of aromatic nitrogens is 4. The number of amides is 1. The van der Waals surface area contributed by atoms with E-state index in [9.17, 15) is 4.79 Å². The number of hydrogen-bond donors (Lipinski definition) is 2. The molecular weight excluding hydrogens is 480 g/mol. The van der Waals surface area contributed by atoms with Gasteiger partial charge < -0.3 is 20.5 Å². The molecule has 2 atom stereocenters.